The van der Waals surface area contributed by atoms with Crippen molar-refractivity contribution in [2.75, 3.05) is 18.5 Å². The van der Waals surface area contributed by atoms with Gasteiger partial charge in [0.25, 0.3) is 0 Å². The van der Waals surface area contributed by atoms with E-state index in [4.69, 9.17) is 9.47 Å². The van der Waals surface area contributed by atoms with Gasteiger partial charge in [0.15, 0.2) is 11.5 Å². The zero-order valence-electron chi connectivity index (χ0n) is 12.0. The van der Waals surface area contributed by atoms with Crippen LogP contribution in [0.5, 0.6) is 11.5 Å². The number of fused-ring (bicyclic) bond motifs is 2. The summed E-state index contributed by atoms with van der Waals surface area (Å²) in [5.74, 6) is 1.75. The van der Waals surface area contributed by atoms with Gasteiger partial charge in [-0.2, -0.15) is 0 Å². The number of hydrogen-bond acceptors (Lipinski definition) is 3. The van der Waals surface area contributed by atoms with Gasteiger partial charge >= 0.3 is 0 Å². The number of rotatable bonds is 2. The molecule has 108 valence electrons. The monoisotopic (exact) mass is 281 g/mol. The van der Waals surface area contributed by atoms with Gasteiger partial charge in [-0.25, -0.2) is 0 Å². The number of nitrogens with one attached hydrogen (secondary N) is 1. The van der Waals surface area contributed by atoms with E-state index < -0.39 is 0 Å². The predicted octanol–water partition coefficient (Wildman–Crippen LogP) is 3.43. The Morgan fingerprint density at radius 3 is 2.81 bits per heavy atom. The van der Waals surface area contributed by atoms with Crippen molar-refractivity contribution in [2.45, 2.75) is 25.3 Å². The largest absolute Gasteiger partial charge is 0.486 e. The van der Waals surface area contributed by atoms with Gasteiger partial charge in [0.2, 0.25) is 0 Å². The highest BCUT2D eigenvalue weighted by Crippen LogP contribution is 2.32. The molecule has 2 heterocycles. The lowest BCUT2D eigenvalue weighted by atomic mass is 9.94. The summed E-state index contributed by atoms with van der Waals surface area (Å²) in [7, 11) is 0. The van der Waals surface area contributed by atoms with Crippen LogP contribution < -0.4 is 14.8 Å². The molecule has 1 N–H and O–H groups in total. The molecular formula is C18H19NO2. The first-order valence-electron chi connectivity index (χ1n) is 7.61. The van der Waals surface area contributed by atoms with Crippen LogP contribution in [0.3, 0.4) is 0 Å². The van der Waals surface area contributed by atoms with Crippen LogP contribution in [-0.2, 0) is 12.8 Å². The lowest BCUT2D eigenvalue weighted by Crippen LogP contribution is -2.27. The number of benzene rings is 2. The fourth-order valence-corrected chi connectivity index (χ4v) is 3.15. The van der Waals surface area contributed by atoms with Gasteiger partial charge in [-0.1, -0.05) is 24.3 Å². The molecule has 0 aromatic heterocycles. The topological polar surface area (TPSA) is 30.5 Å². The molecule has 0 amide bonds. The zero-order chi connectivity index (χ0) is 14.1. The average molecular weight is 281 g/mol. The van der Waals surface area contributed by atoms with E-state index in [0.29, 0.717) is 19.3 Å². The molecule has 1 atom stereocenters. The highest BCUT2D eigenvalue weighted by Gasteiger charge is 2.19. The first-order chi connectivity index (χ1) is 10.4. The second-order valence-electron chi connectivity index (χ2n) is 5.72. The van der Waals surface area contributed by atoms with E-state index in [-0.39, 0.29) is 0 Å². The lowest BCUT2D eigenvalue weighted by Gasteiger charge is -2.27. The van der Waals surface area contributed by atoms with Crippen molar-refractivity contribution in [3.8, 4) is 11.5 Å². The molecule has 3 heteroatoms. The van der Waals surface area contributed by atoms with Gasteiger partial charge in [-0.05, 0) is 48.6 Å². The number of aryl methyl sites for hydroxylation is 1. The summed E-state index contributed by atoms with van der Waals surface area (Å²) in [4.78, 5) is 0. The molecule has 0 bridgehead atoms. The van der Waals surface area contributed by atoms with Crippen LogP contribution in [0.15, 0.2) is 42.5 Å². The summed E-state index contributed by atoms with van der Waals surface area (Å²) in [6, 6.07) is 15.4. The molecule has 0 saturated heterocycles. The van der Waals surface area contributed by atoms with Crippen LogP contribution in [0, 0.1) is 0 Å². The first-order valence-corrected chi connectivity index (χ1v) is 7.61. The van der Waals surface area contributed by atoms with Crippen LogP contribution >= 0.6 is 0 Å². The Balaban J connectivity index is 1.50. The van der Waals surface area contributed by atoms with Crippen molar-refractivity contribution in [2.24, 2.45) is 0 Å². The Morgan fingerprint density at radius 1 is 1.00 bits per heavy atom. The standard InChI is InChI=1S/C18H19NO2/c1-2-4-16-14(3-1)6-7-15(19-16)11-13-5-8-17-18(12-13)21-10-9-20-17/h1-5,8,12,15,19H,6-7,9-11H2. The Morgan fingerprint density at radius 2 is 1.86 bits per heavy atom. The molecule has 0 aliphatic carbocycles. The van der Waals surface area contributed by atoms with E-state index in [0.717, 1.165) is 24.3 Å². The zero-order valence-corrected chi connectivity index (χ0v) is 12.0. The van der Waals surface area contributed by atoms with E-state index in [1.165, 1.54) is 23.2 Å². The van der Waals surface area contributed by atoms with Crippen LogP contribution in [0.4, 0.5) is 5.69 Å². The average Bonchev–Trinajstić information content (AvgIpc) is 2.55. The van der Waals surface area contributed by atoms with Crippen molar-refractivity contribution < 1.29 is 9.47 Å². The lowest BCUT2D eigenvalue weighted by molar-refractivity contribution is 0.171. The molecule has 2 aliphatic rings. The molecule has 2 aliphatic heterocycles. The van der Waals surface area contributed by atoms with Crippen LogP contribution in [0.25, 0.3) is 0 Å². The van der Waals surface area contributed by atoms with E-state index >= 15 is 0 Å². The minimum Gasteiger partial charge on any atom is -0.486 e. The summed E-state index contributed by atoms with van der Waals surface area (Å²) in [5.41, 5.74) is 4.01. The molecule has 1 unspecified atom stereocenters. The van der Waals surface area contributed by atoms with Crippen LogP contribution in [0.1, 0.15) is 17.5 Å². The molecule has 0 saturated carbocycles. The third kappa shape index (κ3) is 2.56. The Bertz CT molecular complexity index is 653. The maximum Gasteiger partial charge on any atom is 0.161 e. The fraction of sp³-hybridized carbons (Fsp3) is 0.333. The van der Waals surface area contributed by atoms with Crippen molar-refractivity contribution in [1.29, 1.82) is 0 Å². The SMILES string of the molecule is c1ccc2c(c1)CCC(Cc1ccc3c(c1)OCCO3)N2. The number of hydrogen-bond donors (Lipinski definition) is 1. The summed E-state index contributed by atoms with van der Waals surface area (Å²) >= 11 is 0. The van der Waals surface area contributed by atoms with Crippen molar-refractivity contribution in [3.05, 3.63) is 53.6 Å². The molecule has 4 rings (SSSR count). The van der Waals surface area contributed by atoms with Gasteiger partial charge in [-0.15, -0.1) is 0 Å². The van der Waals surface area contributed by atoms with E-state index in [1.807, 2.05) is 6.07 Å². The quantitative estimate of drug-likeness (QED) is 0.915. The second-order valence-corrected chi connectivity index (χ2v) is 5.72. The van der Waals surface area contributed by atoms with Crippen molar-refractivity contribution in [1.82, 2.24) is 0 Å². The second kappa shape index (κ2) is 5.32. The smallest absolute Gasteiger partial charge is 0.161 e. The molecule has 2 aromatic rings. The Kier molecular flexibility index (Phi) is 3.18. The predicted molar refractivity (Wildman–Crippen MR) is 83.3 cm³/mol. The summed E-state index contributed by atoms with van der Waals surface area (Å²) in [6.07, 6.45) is 3.34. The fourth-order valence-electron chi connectivity index (χ4n) is 3.15. The van der Waals surface area contributed by atoms with Gasteiger partial charge < -0.3 is 14.8 Å². The summed E-state index contributed by atoms with van der Waals surface area (Å²) in [6.45, 7) is 1.29. The van der Waals surface area contributed by atoms with E-state index in [1.54, 1.807) is 0 Å². The number of ether oxygens (including phenoxy) is 2. The molecule has 3 nitrogen and oxygen atoms in total. The highest BCUT2D eigenvalue weighted by molar-refractivity contribution is 5.54. The highest BCUT2D eigenvalue weighted by atomic mass is 16.6. The molecular weight excluding hydrogens is 262 g/mol. The third-order valence-corrected chi connectivity index (χ3v) is 4.23. The van der Waals surface area contributed by atoms with Gasteiger partial charge in [0.05, 0.1) is 0 Å². The Hall–Kier alpha value is -2.16. The van der Waals surface area contributed by atoms with Crippen LogP contribution in [0.2, 0.25) is 0 Å². The van der Waals surface area contributed by atoms with E-state index in [2.05, 4.69) is 41.7 Å². The molecule has 0 spiro atoms. The molecule has 21 heavy (non-hydrogen) atoms. The normalized spacial score (nSPS) is 19.5. The molecule has 0 radical (unpaired) electrons. The van der Waals surface area contributed by atoms with Gasteiger partial charge in [-0.3, -0.25) is 0 Å². The minimum absolute atomic E-state index is 0.488. The maximum atomic E-state index is 5.66. The van der Waals surface area contributed by atoms with Crippen LogP contribution in [-0.4, -0.2) is 19.3 Å². The number of anilines is 1. The summed E-state index contributed by atoms with van der Waals surface area (Å²) in [5, 5.41) is 3.65. The van der Waals surface area contributed by atoms with Gasteiger partial charge in [0.1, 0.15) is 13.2 Å². The van der Waals surface area contributed by atoms with Crippen molar-refractivity contribution >= 4 is 5.69 Å². The molecule has 0 fully saturated rings. The number of para-hydroxylation sites is 1. The third-order valence-electron chi connectivity index (χ3n) is 4.23. The van der Waals surface area contributed by atoms with Crippen molar-refractivity contribution in [3.63, 3.8) is 0 Å². The maximum absolute atomic E-state index is 5.66. The summed E-state index contributed by atoms with van der Waals surface area (Å²) < 4.78 is 11.2. The Labute approximate surface area is 124 Å². The molecule has 2 aromatic carbocycles. The minimum atomic E-state index is 0.488. The first kappa shape index (κ1) is 12.6. The van der Waals surface area contributed by atoms with Gasteiger partial charge in [0, 0.05) is 11.7 Å². The van der Waals surface area contributed by atoms with E-state index in [9.17, 15) is 0 Å².